The molecule has 0 aliphatic rings. The highest BCUT2D eigenvalue weighted by molar-refractivity contribution is 6.09. The third-order valence-electron chi connectivity index (χ3n) is 13.4. The summed E-state index contributed by atoms with van der Waals surface area (Å²) in [5.74, 6) is 0. The van der Waals surface area contributed by atoms with Crippen molar-refractivity contribution in [2.45, 2.75) is 0 Å². The van der Waals surface area contributed by atoms with Gasteiger partial charge in [-0.3, -0.25) is 0 Å². The highest BCUT2D eigenvalue weighted by Gasteiger charge is 2.20. The molecule has 0 bridgehead atoms. The molecule has 0 fully saturated rings. The normalized spacial score (nSPS) is 11.6. The van der Waals surface area contributed by atoms with E-state index in [0.717, 1.165) is 72.5 Å². The fourth-order valence-electron chi connectivity index (χ4n) is 10.2. The van der Waals surface area contributed by atoms with Crippen LogP contribution < -0.4 is 4.90 Å². The van der Waals surface area contributed by atoms with E-state index in [1.165, 1.54) is 49.3 Å². The molecule has 0 unspecified atom stereocenters. The molecule has 0 spiro atoms. The van der Waals surface area contributed by atoms with E-state index in [9.17, 15) is 0 Å². The number of fused-ring (bicyclic) bond motifs is 7. The molecule has 11 aromatic carbocycles. The Balaban J connectivity index is 0.905. The van der Waals surface area contributed by atoms with Gasteiger partial charge in [0.15, 0.2) is 0 Å². The quantitative estimate of drug-likeness (QED) is 0.152. The van der Waals surface area contributed by atoms with E-state index in [2.05, 4.69) is 252 Å². The Hall–Kier alpha value is -8.92. The summed E-state index contributed by atoms with van der Waals surface area (Å²) >= 11 is 0. The van der Waals surface area contributed by atoms with Gasteiger partial charge in [-0.15, -0.1) is 0 Å². The first-order chi connectivity index (χ1) is 33.2. The van der Waals surface area contributed by atoms with Gasteiger partial charge in [0, 0.05) is 44.2 Å². The molecule has 3 heteroatoms. The van der Waals surface area contributed by atoms with Crippen molar-refractivity contribution < 1.29 is 4.42 Å². The van der Waals surface area contributed by atoms with Crippen LogP contribution in [0.5, 0.6) is 0 Å². The Morgan fingerprint density at radius 1 is 0.299 bits per heavy atom. The van der Waals surface area contributed by atoms with Gasteiger partial charge >= 0.3 is 0 Å². The number of benzene rings is 11. The van der Waals surface area contributed by atoms with Crippen LogP contribution in [0.1, 0.15) is 0 Å². The lowest BCUT2D eigenvalue weighted by atomic mass is 9.96. The summed E-state index contributed by atoms with van der Waals surface area (Å²) < 4.78 is 8.80. The third-order valence-corrected chi connectivity index (χ3v) is 13.4. The van der Waals surface area contributed by atoms with E-state index < -0.39 is 0 Å². The number of hydrogen-bond acceptors (Lipinski definition) is 2. The highest BCUT2D eigenvalue weighted by Crippen LogP contribution is 2.44. The molecule has 0 amide bonds. The molecule has 0 atom stereocenters. The summed E-state index contributed by atoms with van der Waals surface area (Å²) in [6, 6.07) is 92.0. The lowest BCUT2D eigenvalue weighted by Crippen LogP contribution is -2.11. The standard InChI is InChI=1S/C64H42N2O/c1-2-23-53-44(15-1)16-14-28-54(53)48-20-13-21-51(41-48)65(60-29-7-3-24-55(60)49-35-38-59-58-27-6-10-32-63(58)67-64(59)42-49)50-36-33-43(34-37-50)45-17-11-18-46(39-45)47-19-12-22-52(40-47)66-61-30-8-4-25-56(61)57-26-5-9-31-62(57)66/h1-42H. The average Bonchev–Trinajstić information content (AvgIpc) is 3.95. The zero-order chi connectivity index (χ0) is 44.3. The predicted octanol–water partition coefficient (Wildman–Crippen LogP) is 18.0. The van der Waals surface area contributed by atoms with Crippen LogP contribution in [-0.2, 0) is 0 Å². The number of rotatable bonds is 8. The fourth-order valence-corrected chi connectivity index (χ4v) is 10.2. The van der Waals surface area contributed by atoms with Crippen LogP contribution in [0, 0.1) is 0 Å². The molecule has 0 aliphatic carbocycles. The summed E-state index contributed by atoms with van der Waals surface area (Å²) in [6.45, 7) is 0. The molecule has 2 heterocycles. The van der Waals surface area contributed by atoms with Crippen LogP contribution in [0.25, 0.3) is 105 Å². The van der Waals surface area contributed by atoms with E-state index in [1.807, 2.05) is 12.1 Å². The number of nitrogens with zero attached hydrogens (tertiary/aromatic N) is 2. The molecule has 0 saturated heterocycles. The van der Waals surface area contributed by atoms with Crippen molar-refractivity contribution in [1.29, 1.82) is 0 Å². The summed E-state index contributed by atoms with van der Waals surface area (Å²) in [7, 11) is 0. The van der Waals surface area contributed by atoms with E-state index >= 15 is 0 Å². The second-order valence-corrected chi connectivity index (χ2v) is 17.3. The Labute approximate surface area is 388 Å². The molecule has 13 aromatic rings. The maximum atomic E-state index is 6.41. The predicted molar refractivity (Wildman–Crippen MR) is 282 cm³/mol. The maximum Gasteiger partial charge on any atom is 0.136 e. The van der Waals surface area contributed by atoms with E-state index in [1.54, 1.807) is 0 Å². The Kier molecular flexibility index (Phi) is 9.17. The van der Waals surface area contributed by atoms with Crippen molar-refractivity contribution in [1.82, 2.24) is 4.57 Å². The topological polar surface area (TPSA) is 21.3 Å². The number of furan rings is 1. The van der Waals surface area contributed by atoms with Gasteiger partial charge in [0.05, 0.1) is 16.7 Å². The van der Waals surface area contributed by atoms with Crippen LogP contribution in [-0.4, -0.2) is 4.57 Å². The van der Waals surface area contributed by atoms with Gasteiger partial charge in [0.25, 0.3) is 0 Å². The van der Waals surface area contributed by atoms with Crippen molar-refractivity contribution in [2.24, 2.45) is 0 Å². The van der Waals surface area contributed by atoms with Gasteiger partial charge in [-0.1, -0.05) is 176 Å². The molecule has 67 heavy (non-hydrogen) atoms. The molecule has 314 valence electrons. The molecule has 0 aliphatic heterocycles. The maximum absolute atomic E-state index is 6.41. The van der Waals surface area contributed by atoms with Crippen molar-refractivity contribution in [3.63, 3.8) is 0 Å². The van der Waals surface area contributed by atoms with Crippen LogP contribution >= 0.6 is 0 Å². The van der Waals surface area contributed by atoms with Gasteiger partial charge < -0.3 is 13.9 Å². The minimum atomic E-state index is 0.878. The summed E-state index contributed by atoms with van der Waals surface area (Å²) in [4.78, 5) is 2.40. The minimum absolute atomic E-state index is 0.878. The van der Waals surface area contributed by atoms with Gasteiger partial charge in [-0.05, 0) is 129 Å². The van der Waals surface area contributed by atoms with Gasteiger partial charge in [-0.25, -0.2) is 0 Å². The van der Waals surface area contributed by atoms with Crippen LogP contribution in [0.3, 0.4) is 0 Å². The first kappa shape index (κ1) is 38.5. The van der Waals surface area contributed by atoms with E-state index in [-0.39, 0.29) is 0 Å². The van der Waals surface area contributed by atoms with E-state index in [0.29, 0.717) is 0 Å². The molecule has 0 radical (unpaired) electrons. The molecule has 0 saturated carbocycles. The zero-order valence-electron chi connectivity index (χ0n) is 36.6. The van der Waals surface area contributed by atoms with Crippen LogP contribution in [0.15, 0.2) is 259 Å². The Morgan fingerprint density at radius 2 is 0.851 bits per heavy atom. The monoisotopic (exact) mass is 854 g/mol. The Morgan fingerprint density at radius 3 is 1.67 bits per heavy atom. The first-order valence-electron chi connectivity index (χ1n) is 22.9. The average molecular weight is 855 g/mol. The number of anilines is 3. The molecule has 13 rings (SSSR count). The number of hydrogen-bond donors (Lipinski definition) is 0. The number of aromatic nitrogens is 1. The highest BCUT2D eigenvalue weighted by atomic mass is 16.3. The minimum Gasteiger partial charge on any atom is -0.456 e. The second-order valence-electron chi connectivity index (χ2n) is 17.3. The fraction of sp³-hybridized carbons (Fsp3) is 0. The van der Waals surface area contributed by atoms with Crippen molar-refractivity contribution in [2.75, 3.05) is 4.90 Å². The lowest BCUT2D eigenvalue weighted by molar-refractivity contribution is 0.669. The summed E-state index contributed by atoms with van der Waals surface area (Å²) in [6.07, 6.45) is 0. The molecular weight excluding hydrogens is 813 g/mol. The summed E-state index contributed by atoms with van der Waals surface area (Å²) in [5.41, 5.74) is 17.8. The molecule has 3 nitrogen and oxygen atoms in total. The molecule has 0 N–H and O–H groups in total. The van der Waals surface area contributed by atoms with Crippen molar-refractivity contribution in [3.05, 3.63) is 255 Å². The van der Waals surface area contributed by atoms with Gasteiger partial charge in [0.2, 0.25) is 0 Å². The third kappa shape index (κ3) is 6.67. The molecule has 2 aromatic heterocycles. The lowest BCUT2D eigenvalue weighted by Gasteiger charge is -2.28. The Bertz CT molecular complexity index is 3950. The van der Waals surface area contributed by atoms with Crippen LogP contribution in [0.2, 0.25) is 0 Å². The van der Waals surface area contributed by atoms with Crippen molar-refractivity contribution in [3.8, 4) is 50.2 Å². The zero-order valence-corrected chi connectivity index (χ0v) is 36.6. The van der Waals surface area contributed by atoms with E-state index in [4.69, 9.17) is 4.42 Å². The van der Waals surface area contributed by atoms with Crippen molar-refractivity contribution >= 4 is 71.6 Å². The van der Waals surface area contributed by atoms with Crippen LogP contribution in [0.4, 0.5) is 17.1 Å². The molecular formula is C64H42N2O. The van der Waals surface area contributed by atoms with Gasteiger partial charge in [-0.2, -0.15) is 0 Å². The number of para-hydroxylation sites is 4. The smallest absolute Gasteiger partial charge is 0.136 e. The summed E-state index contributed by atoms with van der Waals surface area (Å²) in [5, 5.41) is 7.23. The largest absolute Gasteiger partial charge is 0.456 e. The second kappa shape index (κ2) is 16.0. The first-order valence-corrected chi connectivity index (χ1v) is 22.9. The van der Waals surface area contributed by atoms with Gasteiger partial charge in [0.1, 0.15) is 11.2 Å². The SMILES string of the molecule is c1cc(-c2ccc(N(c3cccc(-c4cccc5ccccc45)c3)c3ccccc3-c3ccc4c(c3)oc3ccccc34)cc2)cc(-c2cccc(-n3c4ccccc4c4ccccc43)c2)c1.